The maximum absolute atomic E-state index is 6.00. The molecular weight excluding hydrogens is 302 g/mol. The van der Waals surface area contributed by atoms with Gasteiger partial charge in [-0.3, -0.25) is 14.9 Å². The summed E-state index contributed by atoms with van der Waals surface area (Å²) in [5, 5.41) is 3.17. The highest BCUT2D eigenvalue weighted by atomic mass is 16.5. The minimum absolute atomic E-state index is 0.0421. The van der Waals surface area contributed by atoms with E-state index in [-0.39, 0.29) is 17.7 Å². The fourth-order valence-electron chi connectivity index (χ4n) is 2.97. The number of rotatable bonds is 6. The Labute approximate surface area is 145 Å². The highest BCUT2D eigenvalue weighted by Crippen LogP contribution is 2.21. The molecule has 1 fully saturated rings. The van der Waals surface area contributed by atoms with Crippen LogP contribution in [0.5, 0.6) is 0 Å². The number of hydrogen-bond donors (Lipinski definition) is 2. The van der Waals surface area contributed by atoms with Crippen molar-refractivity contribution in [3.05, 3.63) is 30.1 Å². The van der Waals surface area contributed by atoms with Gasteiger partial charge in [0.25, 0.3) is 0 Å². The number of morpholine rings is 1. The van der Waals surface area contributed by atoms with Crippen molar-refractivity contribution < 1.29 is 4.74 Å². The second kappa shape index (κ2) is 8.44. The summed E-state index contributed by atoms with van der Waals surface area (Å²) in [6, 6.07) is 5.92. The topological polar surface area (TPSA) is 75.8 Å². The Morgan fingerprint density at radius 1 is 1.38 bits per heavy atom. The van der Waals surface area contributed by atoms with E-state index in [2.05, 4.69) is 47.9 Å². The maximum Gasteiger partial charge on any atom is 0.188 e. The number of aromatic nitrogens is 1. The lowest BCUT2D eigenvalue weighted by molar-refractivity contribution is -0.0939. The van der Waals surface area contributed by atoms with Crippen LogP contribution in [-0.2, 0) is 11.2 Å². The molecule has 0 amide bonds. The van der Waals surface area contributed by atoms with Gasteiger partial charge in [-0.1, -0.05) is 6.07 Å². The number of ether oxygens (including phenoxy) is 1. The van der Waals surface area contributed by atoms with Gasteiger partial charge < -0.3 is 15.8 Å². The summed E-state index contributed by atoms with van der Waals surface area (Å²) < 4.78 is 5.81. The average Bonchev–Trinajstić information content (AvgIpc) is 2.53. The molecule has 0 aromatic carbocycles. The lowest BCUT2D eigenvalue weighted by Crippen LogP contribution is -2.56. The van der Waals surface area contributed by atoms with E-state index in [0.717, 1.165) is 31.7 Å². The molecule has 0 saturated carbocycles. The largest absolute Gasteiger partial charge is 0.373 e. The Morgan fingerprint density at radius 2 is 2.08 bits per heavy atom. The summed E-state index contributed by atoms with van der Waals surface area (Å²) >= 11 is 0. The van der Waals surface area contributed by atoms with E-state index in [1.807, 2.05) is 18.2 Å². The lowest BCUT2D eigenvalue weighted by Gasteiger charge is -2.44. The molecule has 1 aromatic rings. The molecule has 2 unspecified atom stereocenters. The molecule has 1 aliphatic rings. The minimum atomic E-state index is -0.0421. The van der Waals surface area contributed by atoms with Crippen LogP contribution in [0.15, 0.2) is 29.4 Å². The smallest absolute Gasteiger partial charge is 0.188 e. The van der Waals surface area contributed by atoms with Crippen LogP contribution in [0.3, 0.4) is 0 Å². The Kier molecular flexibility index (Phi) is 6.57. The molecule has 0 bridgehead atoms. The first-order chi connectivity index (χ1) is 11.4. The minimum Gasteiger partial charge on any atom is -0.373 e. The first-order valence-corrected chi connectivity index (χ1v) is 8.71. The molecule has 0 aliphatic carbocycles. The molecule has 1 aliphatic heterocycles. The highest BCUT2D eigenvalue weighted by molar-refractivity contribution is 5.77. The quantitative estimate of drug-likeness (QED) is 0.608. The number of nitrogens with one attached hydrogen (secondary N) is 1. The van der Waals surface area contributed by atoms with Crippen LogP contribution >= 0.6 is 0 Å². The molecule has 2 heterocycles. The third kappa shape index (κ3) is 5.76. The summed E-state index contributed by atoms with van der Waals surface area (Å²) in [6.45, 7) is 11.9. The van der Waals surface area contributed by atoms with E-state index < -0.39 is 0 Å². The van der Waals surface area contributed by atoms with E-state index in [9.17, 15) is 0 Å². The predicted octanol–water partition coefficient (Wildman–Crippen LogP) is 1.42. The normalized spacial score (nSPS) is 23.2. The van der Waals surface area contributed by atoms with Gasteiger partial charge in [0.15, 0.2) is 5.96 Å². The van der Waals surface area contributed by atoms with Crippen LogP contribution in [0.4, 0.5) is 0 Å². The van der Waals surface area contributed by atoms with Crippen LogP contribution in [0.25, 0.3) is 0 Å². The number of guanidine groups is 1. The Balaban J connectivity index is 1.79. The van der Waals surface area contributed by atoms with Crippen molar-refractivity contribution in [1.82, 2.24) is 15.2 Å². The molecule has 1 saturated heterocycles. The number of aliphatic imine (C=N–C) groups is 1. The second-order valence-corrected chi connectivity index (χ2v) is 7.17. The van der Waals surface area contributed by atoms with Gasteiger partial charge in [-0.25, -0.2) is 0 Å². The van der Waals surface area contributed by atoms with Crippen molar-refractivity contribution >= 4 is 5.96 Å². The van der Waals surface area contributed by atoms with Crippen molar-refractivity contribution in [1.29, 1.82) is 0 Å². The lowest BCUT2D eigenvalue weighted by atomic mass is 10.0. The van der Waals surface area contributed by atoms with Gasteiger partial charge in [0, 0.05) is 43.5 Å². The number of nitrogens with zero attached hydrogens (tertiary/aromatic N) is 3. The van der Waals surface area contributed by atoms with E-state index in [0.29, 0.717) is 12.5 Å². The molecule has 0 radical (unpaired) electrons. The molecular formula is C18H31N5O. The van der Waals surface area contributed by atoms with Gasteiger partial charge in [0.2, 0.25) is 0 Å². The van der Waals surface area contributed by atoms with E-state index in [1.54, 1.807) is 6.20 Å². The van der Waals surface area contributed by atoms with Crippen molar-refractivity contribution in [3.63, 3.8) is 0 Å². The van der Waals surface area contributed by atoms with Crippen molar-refractivity contribution in [2.24, 2.45) is 10.7 Å². The molecule has 1 aromatic heterocycles. The van der Waals surface area contributed by atoms with Gasteiger partial charge in [-0.15, -0.1) is 0 Å². The molecule has 6 nitrogen and oxygen atoms in total. The van der Waals surface area contributed by atoms with Crippen molar-refractivity contribution in [2.75, 3.05) is 26.2 Å². The summed E-state index contributed by atoms with van der Waals surface area (Å²) in [6.07, 6.45) is 3.15. The first kappa shape index (κ1) is 18.7. The van der Waals surface area contributed by atoms with Gasteiger partial charge in [0.1, 0.15) is 0 Å². The first-order valence-electron chi connectivity index (χ1n) is 8.71. The zero-order chi connectivity index (χ0) is 17.6. The van der Waals surface area contributed by atoms with Crippen molar-refractivity contribution in [2.45, 2.75) is 51.9 Å². The van der Waals surface area contributed by atoms with E-state index in [4.69, 9.17) is 10.5 Å². The fraction of sp³-hybridized carbons (Fsp3) is 0.667. The Morgan fingerprint density at radius 3 is 2.71 bits per heavy atom. The molecule has 24 heavy (non-hydrogen) atoms. The molecule has 2 atom stereocenters. The van der Waals surface area contributed by atoms with Gasteiger partial charge in [0.05, 0.1) is 18.8 Å². The monoisotopic (exact) mass is 333 g/mol. The summed E-state index contributed by atoms with van der Waals surface area (Å²) in [5.41, 5.74) is 7.01. The highest BCUT2D eigenvalue weighted by Gasteiger charge is 2.32. The van der Waals surface area contributed by atoms with Crippen LogP contribution in [0, 0.1) is 0 Å². The summed E-state index contributed by atoms with van der Waals surface area (Å²) in [4.78, 5) is 11.3. The Hall–Kier alpha value is -1.66. The van der Waals surface area contributed by atoms with Gasteiger partial charge in [-0.05, 0) is 39.8 Å². The van der Waals surface area contributed by atoms with E-state index in [1.165, 1.54) is 0 Å². The zero-order valence-electron chi connectivity index (χ0n) is 15.3. The molecule has 2 rings (SSSR count). The third-order valence-corrected chi connectivity index (χ3v) is 4.33. The maximum atomic E-state index is 6.00. The number of nitrogens with two attached hydrogens (primary N) is 1. The average molecular weight is 333 g/mol. The Bertz CT molecular complexity index is 521. The van der Waals surface area contributed by atoms with Crippen LogP contribution in [0.2, 0.25) is 0 Å². The number of hydrogen-bond acceptors (Lipinski definition) is 4. The number of pyridine rings is 1. The third-order valence-electron chi connectivity index (χ3n) is 4.33. The van der Waals surface area contributed by atoms with Crippen LogP contribution in [0.1, 0.15) is 33.4 Å². The predicted molar refractivity (Wildman–Crippen MR) is 98.1 cm³/mol. The molecule has 6 heteroatoms. The fourth-order valence-corrected chi connectivity index (χ4v) is 2.97. The SMILES string of the molecule is CC1CN(C(C)(C)CN=C(N)NCCc2ccccn2)CC(C)O1. The van der Waals surface area contributed by atoms with Crippen molar-refractivity contribution in [3.8, 4) is 0 Å². The second-order valence-electron chi connectivity index (χ2n) is 7.17. The van der Waals surface area contributed by atoms with Crippen LogP contribution in [-0.4, -0.2) is 59.8 Å². The summed E-state index contributed by atoms with van der Waals surface area (Å²) in [7, 11) is 0. The summed E-state index contributed by atoms with van der Waals surface area (Å²) in [5.74, 6) is 0.494. The zero-order valence-corrected chi connectivity index (χ0v) is 15.3. The molecule has 0 spiro atoms. The molecule has 134 valence electrons. The molecule has 3 N–H and O–H groups in total. The standard InChI is InChI=1S/C18H31N5O/c1-14-11-23(12-15(2)24-14)18(3,4)13-22-17(19)21-10-8-16-7-5-6-9-20-16/h5-7,9,14-15H,8,10-13H2,1-4H3,(H3,19,21,22). The van der Waals surface area contributed by atoms with Gasteiger partial charge in [-0.2, -0.15) is 0 Å². The van der Waals surface area contributed by atoms with Crippen LogP contribution < -0.4 is 11.1 Å². The van der Waals surface area contributed by atoms with E-state index >= 15 is 0 Å². The van der Waals surface area contributed by atoms with Gasteiger partial charge >= 0.3 is 0 Å².